The summed E-state index contributed by atoms with van der Waals surface area (Å²) in [4.78, 5) is 24.2. The first kappa shape index (κ1) is 17.5. The molecule has 0 radical (unpaired) electrons. The molecule has 0 bridgehead atoms. The Labute approximate surface area is 156 Å². The van der Waals surface area contributed by atoms with Crippen molar-refractivity contribution < 1.29 is 23.8 Å². The summed E-state index contributed by atoms with van der Waals surface area (Å²) in [6, 6.07) is 5.67. The zero-order valence-corrected chi connectivity index (χ0v) is 15.2. The molecular weight excluding hydrogens is 350 g/mol. The van der Waals surface area contributed by atoms with Gasteiger partial charge in [0.05, 0.1) is 17.4 Å². The second-order valence-corrected chi connectivity index (χ2v) is 7.03. The molecule has 1 N–H and O–H groups in total. The zero-order valence-electron chi connectivity index (χ0n) is 15.2. The monoisotopic (exact) mass is 371 g/mol. The molecule has 8 nitrogen and oxygen atoms in total. The quantitative estimate of drug-likeness (QED) is 0.504. The smallest absolute Gasteiger partial charge is 0.350 e. The molecule has 2 aliphatic rings. The fourth-order valence-electron chi connectivity index (χ4n) is 3.28. The maximum Gasteiger partial charge on any atom is 0.350 e. The Hall–Kier alpha value is -2.87. The van der Waals surface area contributed by atoms with Crippen LogP contribution < -0.4 is 5.32 Å². The summed E-state index contributed by atoms with van der Waals surface area (Å²) in [7, 11) is 0. The molecule has 142 valence electrons. The van der Waals surface area contributed by atoms with E-state index in [0.29, 0.717) is 12.3 Å². The molecule has 3 heterocycles. The first-order chi connectivity index (χ1) is 12.9. The van der Waals surface area contributed by atoms with Crippen molar-refractivity contribution in [3.63, 3.8) is 0 Å². The van der Waals surface area contributed by atoms with Crippen molar-refractivity contribution in [2.45, 2.75) is 45.1 Å². The minimum absolute atomic E-state index is 0.128. The minimum Gasteiger partial charge on any atom is -0.419 e. The number of hydrogen-bond donors (Lipinski definition) is 1. The van der Waals surface area contributed by atoms with Crippen LogP contribution in [0.3, 0.4) is 0 Å². The number of anilines is 1. The van der Waals surface area contributed by atoms with Crippen LogP contribution in [0.1, 0.15) is 39.3 Å². The minimum atomic E-state index is -1.26. The van der Waals surface area contributed by atoms with Crippen LogP contribution in [0.15, 0.2) is 36.2 Å². The molecule has 2 saturated heterocycles. The van der Waals surface area contributed by atoms with E-state index in [2.05, 4.69) is 10.4 Å². The molecule has 1 aromatic heterocycles. The number of rotatable bonds is 3. The van der Waals surface area contributed by atoms with Gasteiger partial charge in [-0.15, -0.1) is 0 Å². The second-order valence-electron chi connectivity index (χ2n) is 7.03. The number of hydrogen-bond acceptors (Lipinski definition) is 7. The van der Waals surface area contributed by atoms with Gasteiger partial charge in [-0.1, -0.05) is 12.1 Å². The van der Waals surface area contributed by atoms with Crippen molar-refractivity contribution in [2.24, 2.45) is 0 Å². The highest BCUT2D eigenvalue weighted by atomic mass is 16.7. The molecule has 27 heavy (non-hydrogen) atoms. The van der Waals surface area contributed by atoms with Gasteiger partial charge in [0.2, 0.25) is 0 Å². The van der Waals surface area contributed by atoms with Gasteiger partial charge in [-0.3, -0.25) is 0 Å². The van der Waals surface area contributed by atoms with E-state index in [1.165, 1.54) is 20.0 Å². The standard InChI is InChI=1S/C19H21N3O5/c1-19(2)26-17(23)13(18(24)27-19)11-20-14-7-5-6-12-10-21-22(16(12)14)15-8-3-4-9-25-15/h5-7,10-11,15,20H,3-4,8-9H2,1-2H3. The number of esters is 2. The number of carbonyl (C=O) groups is 2. The summed E-state index contributed by atoms with van der Waals surface area (Å²) in [5.41, 5.74) is 1.36. The fourth-order valence-corrected chi connectivity index (χ4v) is 3.28. The van der Waals surface area contributed by atoms with Crippen molar-refractivity contribution >= 4 is 28.5 Å². The van der Waals surface area contributed by atoms with Crippen molar-refractivity contribution in [2.75, 3.05) is 11.9 Å². The van der Waals surface area contributed by atoms with Crippen molar-refractivity contribution in [1.82, 2.24) is 9.78 Å². The number of para-hydroxylation sites is 1. The van der Waals surface area contributed by atoms with Crippen LogP contribution >= 0.6 is 0 Å². The normalized spacial score (nSPS) is 22.3. The van der Waals surface area contributed by atoms with Gasteiger partial charge < -0.3 is 19.5 Å². The van der Waals surface area contributed by atoms with Gasteiger partial charge in [-0.2, -0.15) is 5.10 Å². The number of nitrogens with zero attached hydrogens (tertiary/aromatic N) is 2. The SMILES string of the molecule is CC1(C)OC(=O)C(=CNc2cccc3cnn(C4CCCCO4)c23)C(=O)O1. The van der Waals surface area contributed by atoms with Crippen LogP contribution in [0.4, 0.5) is 5.69 Å². The lowest BCUT2D eigenvalue weighted by atomic mass is 10.1. The maximum absolute atomic E-state index is 12.1. The number of carbonyl (C=O) groups excluding carboxylic acids is 2. The van der Waals surface area contributed by atoms with E-state index in [-0.39, 0.29) is 11.8 Å². The molecule has 0 saturated carbocycles. The van der Waals surface area contributed by atoms with E-state index in [1.54, 1.807) is 6.20 Å². The molecule has 0 spiro atoms. The highest BCUT2D eigenvalue weighted by molar-refractivity contribution is 6.15. The fraction of sp³-hybridized carbons (Fsp3) is 0.421. The number of aromatic nitrogens is 2. The van der Waals surface area contributed by atoms with Crippen molar-refractivity contribution in [1.29, 1.82) is 0 Å². The van der Waals surface area contributed by atoms with E-state index >= 15 is 0 Å². The van der Waals surface area contributed by atoms with Crippen LogP contribution in [0.2, 0.25) is 0 Å². The van der Waals surface area contributed by atoms with Crippen molar-refractivity contribution in [3.8, 4) is 0 Å². The van der Waals surface area contributed by atoms with Gasteiger partial charge in [0.25, 0.3) is 5.79 Å². The lowest BCUT2D eigenvalue weighted by molar-refractivity contribution is -0.222. The predicted octanol–water partition coefficient (Wildman–Crippen LogP) is 2.87. The lowest BCUT2D eigenvalue weighted by Crippen LogP contribution is -2.42. The van der Waals surface area contributed by atoms with Gasteiger partial charge in [-0.25, -0.2) is 14.3 Å². The highest BCUT2D eigenvalue weighted by Crippen LogP contribution is 2.31. The van der Waals surface area contributed by atoms with Crippen LogP contribution in [0.5, 0.6) is 0 Å². The van der Waals surface area contributed by atoms with Crippen molar-refractivity contribution in [3.05, 3.63) is 36.2 Å². The van der Waals surface area contributed by atoms with Crippen LogP contribution in [0, 0.1) is 0 Å². The first-order valence-corrected chi connectivity index (χ1v) is 8.96. The number of fused-ring (bicyclic) bond motifs is 1. The molecule has 2 aliphatic heterocycles. The third-order valence-electron chi connectivity index (χ3n) is 4.53. The Kier molecular flexibility index (Phi) is 4.35. The van der Waals surface area contributed by atoms with Gasteiger partial charge in [0.1, 0.15) is 0 Å². The summed E-state index contributed by atoms with van der Waals surface area (Å²) in [6.45, 7) is 3.73. The molecule has 0 amide bonds. The Bertz CT molecular complexity index is 903. The Balaban J connectivity index is 1.65. The number of benzene rings is 1. The largest absolute Gasteiger partial charge is 0.419 e. The third kappa shape index (κ3) is 3.40. The average molecular weight is 371 g/mol. The number of ether oxygens (including phenoxy) is 3. The van der Waals surface area contributed by atoms with E-state index in [1.807, 2.05) is 22.9 Å². The highest BCUT2D eigenvalue weighted by Gasteiger charge is 2.39. The summed E-state index contributed by atoms with van der Waals surface area (Å²) in [6.07, 6.45) is 5.98. The van der Waals surface area contributed by atoms with E-state index in [9.17, 15) is 9.59 Å². The van der Waals surface area contributed by atoms with Crippen LogP contribution in [-0.4, -0.2) is 34.1 Å². The molecular formula is C19H21N3O5. The molecule has 8 heteroatoms. The van der Waals surface area contributed by atoms with Gasteiger partial charge in [0.15, 0.2) is 11.8 Å². The third-order valence-corrected chi connectivity index (χ3v) is 4.53. The summed E-state index contributed by atoms with van der Waals surface area (Å²) in [5.74, 6) is -2.71. The number of cyclic esters (lactones) is 2. The molecule has 4 rings (SSSR count). The van der Waals surface area contributed by atoms with Gasteiger partial charge in [-0.05, 0) is 25.3 Å². The molecule has 1 aromatic carbocycles. The predicted molar refractivity (Wildman–Crippen MR) is 96.5 cm³/mol. The Morgan fingerprint density at radius 1 is 1.22 bits per heavy atom. The molecule has 1 atom stereocenters. The Morgan fingerprint density at radius 2 is 2.00 bits per heavy atom. The second kappa shape index (κ2) is 6.70. The summed E-state index contributed by atoms with van der Waals surface area (Å²) in [5, 5.41) is 8.43. The van der Waals surface area contributed by atoms with E-state index in [4.69, 9.17) is 14.2 Å². The molecule has 2 fully saturated rings. The summed E-state index contributed by atoms with van der Waals surface area (Å²) < 4.78 is 17.9. The van der Waals surface area contributed by atoms with Gasteiger partial charge in [0, 0.05) is 32.0 Å². The lowest BCUT2D eigenvalue weighted by Gasteiger charge is -2.29. The van der Waals surface area contributed by atoms with Gasteiger partial charge >= 0.3 is 11.9 Å². The van der Waals surface area contributed by atoms with Crippen LogP contribution in [0.25, 0.3) is 10.9 Å². The van der Waals surface area contributed by atoms with Crippen LogP contribution in [-0.2, 0) is 23.8 Å². The summed E-state index contributed by atoms with van der Waals surface area (Å²) >= 11 is 0. The number of nitrogens with one attached hydrogen (secondary N) is 1. The first-order valence-electron chi connectivity index (χ1n) is 8.96. The topological polar surface area (TPSA) is 91.7 Å². The molecule has 1 unspecified atom stereocenters. The van der Waals surface area contributed by atoms with E-state index in [0.717, 1.165) is 30.2 Å². The zero-order chi connectivity index (χ0) is 19.0. The maximum atomic E-state index is 12.1. The van der Waals surface area contributed by atoms with E-state index < -0.39 is 17.7 Å². The Morgan fingerprint density at radius 3 is 2.70 bits per heavy atom. The molecule has 0 aliphatic carbocycles. The average Bonchev–Trinajstić information content (AvgIpc) is 3.05. The molecule has 2 aromatic rings.